The number of methoxy groups -OCH3 is 1. The van der Waals surface area contributed by atoms with Crippen LogP contribution in [0.3, 0.4) is 0 Å². The van der Waals surface area contributed by atoms with Gasteiger partial charge >= 0.3 is 0 Å². The Labute approximate surface area is 115 Å². The zero-order valence-electron chi connectivity index (χ0n) is 10.8. The normalized spacial score (nSPS) is 10.4. The van der Waals surface area contributed by atoms with E-state index in [-0.39, 0.29) is 10.8 Å². The van der Waals surface area contributed by atoms with Crippen molar-refractivity contribution < 1.29 is 9.13 Å². The predicted octanol–water partition coefficient (Wildman–Crippen LogP) is 3.64. The molecular weight excluding hydrogens is 269 g/mol. The van der Waals surface area contributed by atoms with Gasteiger partial charge in [-0.1, -0.05) is 11.6 Å². The summed E-state index contributed by atoms with van der Waals surface area (Å²) in [4.78, 5) is 8.38. The van der Waals surface area contributed by atoms with Crippen molar-refractivity contribution in [2.75, 3.05) is 12.4 Å². The second-order valence-electron chi connectivity index (χ2n) is 4.00. The standard InChI is InChI=1S/C13H13ClFN3O/c1-7-8(2)17-13(12(14)16-7)18-11-6-9(19-3)4-5-10(11)15/h4-6H,1-3H3,(H,17,18). The molecule has 0 spiro atoms. The molecule has 4 nitrogen and oxygen atoms in total. The maximum atomic E-state index is 13.7. The van der Waals surface area contributed by atoms with Gasteiger partial charge in [0.25, 0.3) is 0 Å². The lowest BCUT2D eigenvalue weighted by atomic mass is 10.3. The van der Waals surface area contributed by atoms with Gasteiger partial charge in [0.1, 0.15) is 11.6 Å². The number of halogens is 2. The molecule has 1 aromatic heterocycles. The lowest BCUT2D eigenvalue weighted by molar-refractivity contribution is 0.414. The van der Waals surface area contributed by atoms with Crippen molar-refractivity contribution in [1.82, 2.24) is 9.97 Å². The van der Waals surface area contributed by atoms with Crippen LogP contribution in [-0.4, -0.2) is 17.1 Å². The summed E-state index contributed by atoms with van der Waals surface area (Å²) in [5.41, 5.74) is 1.70. The summed E-state index contributed by atoms with van der Waals surface area (Å²) in [5.74, 6) is 0.436. The number of aromatic nitrogens is 2. The number of aryl methyl sites for hydroxylation is 2. The lowest BCUT2D eigenvalue weighted by Crippen LogP contribution is -2.02. The fourth-order valence-corrected chi connectivity index (χ4v) is 1.73. The fourth-order valence-electron chi connectivity index (χ4n) is 1.51. The van der Waals surface area contributed by atoms with Crippen LogP contribution in [-0.2, 0) is 0 Å². The van der Waals surface area contributed by atoms with Gasteiger partial charge in [0.05, 0.1) is 24.2 Å². The van der Waals surface area contributed by atoms with Gasteiger partial charge in [0.15, 0.2) is 11.0 Å². The first-order chi connectivity index (χ1) is 9.01. The van der Waals surface area contributed by atoms with E-state index in [9.17, 15) is 4.39 Å². The Balaban J connectivity index is 2.38. The van der Waals surface area contributed by atoms with Crippen LogP contribution in [0.15, 0.2) is 18.2 Å². The van der Waals surface area contributed by atoms with Crippen molar-refractivity contribution >= 4 is 23.1 Å². The van der Waals surface area contributed by atoms with Gasteiger partial charge in [0, 0.05) is 6.07 Å². The van der Waals surface area contributed by atoms with E-state index in [4.69, 9.17) is 16.3 Å². The molecule has 1 aromatic carbocycles. The molecule has 0 radical (unpaired) electrons. The Morgan fingerprint density at radius 1 is 1.21 bits per heavy atom. The zero-order valence-corrected chi connectivity index (χ0v) is 11.5. The van der Waals surface area contributed by atoms with Crippen molar-refractivity contribution in [3.05, 3.63) is 40.6 Å². The van der Waals surface area contributed by atoms with Crippen molar-refractivity contribution in [1.29, 1.82) is 0 Å². The van der Waals surface area contributed by atoms with Gasteiger partial charge in [-0.05, 0) is 26.0 Å². The minimum atomic E-state index is -0.420. The minimum absolute atomic E-state index is 0.199. The van der Waals surface area contributed by atoms with Gasteiger partial charge in [-0.2, -0.15) is 0 Å². The molecule has 0 aliphatic carbocycles. The van der Waals surface area contributed by atoms with E-state index in [1.165, 1.54) is 25.3 Å². The quantitative estimate of drug-likeness (QED) is 0.933. The van der Waals surface area contributed by atoms with E-state index in [1.54, 1.807) is 0 Å². The van der Waals surface area contributed by atoms with E-state index < -0.39 is 5.82 Å². The number of rotatable bonds is 3. The highest BCUT2D eigenvalue weighted by molar-refractivity contribution is 6.31. The molecule has 19 heavy (non-hydrogen) atoms. The highest BCUT2D eigenvalue weighted by atomic mass is 35.5. The molecule has 1 heterocycles. The summed E-state index contributed by atoms with van der Waals surface area (Å²) in [7, 11) is 1.51. The van der Waals surface area contributed by atoms with Crippen LogP contribution in [0, 0.1) is 19.7 Å². The first kappa shape index (κ1) is 13.5. The van der Waals surface area contributed by atoms with Crippen LogP contribution in [0.1, 0.15) is 11.4 Å². The maximum Gasteiger partial charge on any atom is 0.172 e. The first-order valence-corrected chi connectivity index (χ1v) is 6.00. The summed E-state index contributed by atoms with van der Waals surface area (Å²) in [6.07, 6.45) is 0. The molecule has 100 valence electrons. The van der Waals surface area contributed by atoms with Crippen molar-refractivity contribution in [2.24, 2.45) is 0 Å². The average molecular weight is 282 g/mol. The number of nitrogens with zero attached hydrogens (tertiary/aromatic N) is 2. The largest absolute Gasteiger partial charge is 0.497 e. The molecule has 0 saturated carbocycles. The molecule has 2 rings (SSSR count). The van der Waals surface area contributed by atoms with Crippen LogP contribution in [0.5, 0.6) is 5.75 Å². The van der Waals surface area contributed by atoms with Crippen molar-refractivity contribution in [2.45, 2.75) is 13.8 Å². The Hall–Kier alpha value is -1.88. The van der Waals surface area contributed by atoms with Crippen LogP contribution >= 0.6 is 11.6 Å². The molecule has 0 atom stereocenters. The number of nitrogens with one attached hydrogen (secondary N) is 1. The van der Waals surface area contributed by atoms with E-state index >= 15 is 0 Å². The second-order valence-corrected chi connectivity index (χ2v) is 4.36. The summed E-state index contributed by atoms with van der Waals surface area (Å²) >= 11 is 5.99. The molecule has 0 amide bonds. The molecule has 0 aliphatic heterocycles. The summed E-state index contributed by atoms with van der Waals surface area (Å²) in [6, 6.07) is 4.38. The summed E-state index contributed by atoms with van der Waals surface area (Å²) in [6.45, 7) is 3.62. The number of hydrogen-bond donors (Lipinski definition) is 1. The van der Waals surface area contributed by atoms with Crippen LogP contribution < -0.4 is 10.1 Å². The topological polar surface area (TPSA) is 47.0 Å². The molecule has 0 aliphatic rings. The van der Waals surface area contributed by atoms with Crippen molar-refractivity contribution in [3.63, 3.8) is 0 Å². The van der Waals surface area contributed by atoms with Crippen LogP contribution in [0.2, 0.25) is 5.15 Å². The molecule has 0 saturated heterocycles. The Morgan fingerprint density at radius 3 is 2.58 bits per heavy atom. The summed E-state index contributed by atoms with van der Waals surface area (Å²) < 4.78 is 18.7. The van der Waals surface area contributed by atoms with Gasteiger partial charge in [-0.15, -0.1) is 0 Å². The van der Waals surface area contributed by atoms with Crippen LogP contribution in [0.25, 0.3) is 0 Å². The monoisotopic (exact) mass is 281 g/mol. The van der Waals surface area contributed by atoms with E-state index in [0.29, 0.717) is 11.6 Å². The minimum Gasteiger partial charge on any atom is -0.497 e. The van der Waals surface area contributed by atoms with E-state index in [1.807, 2.05) is 13.8 Å². The van der Waals surface area contributed by atoms with Gasteiger partial charge < -0.3 is 10.1 Å². The molecule has 0 unspecified atom stereocenters. The number of ether oxygens (including phenoxy) is 1. The van der Waals surface area contributed by atoms with Gasteiger partial charge in [0.2, 0.25) is 0 Å². The highest BCUT2D eigenvalue weighted by Gasteiger charge is 2.10. The second kappa shape index (κ2) is 5.40. The Bertz CT molecular complexity index is 619. The smallest absolute Gasteiger partial charge is 0.172 e. The maximum absolute atomic E-state index is 13.7. The SMILES string of the molecule is COc1ccc(F)c(Nc2nc(C)c(C)nc2Cl)c1. The number of anilines is 2. The van der Waals surface area contributed by atoms with Crippen molar-refractivity contribution in [3.8, 4) is 5.75 Å². The van der Waals surface area contributed by atoms with E-state index in [2.05, 4.69) is 15.3 Å². The van der Waals surface area contributed by atoms with Gasteiger partial charge in [-0.25, -0.2) is 14.4 Å². The third kappa shape index (κ3) is 2.93. The third-order valence-corrected chi connectivity index (χ3v) is 2.95. The predicted molar refractivity (Wildman–Crippen MR) is 72.8 cm³/mol. The Kier molecular flexibility index (Phi) is 3.85. The Morgan fingerprint density at radius 2 is 1.89 bits per heavy atom. The van der Waals surface area contributed by atoms with E-state index in [0.717, 1.165) is 11.4 Å². The molecular formula is C13H13ClFN3O. The summed E-state index contributed by atoms with van der Waals surface area (Å²) in [5, 5.41) is 3.02. The molecule has 6 heteroatoms. The number of benzene rings is 1. The lowest BCUT2D eigenvalue weighted by Gasteiger charge is -2.11. The number of hydrogen-bond acceptors (Lipinski definition) is 4. The van der Waals surface area contributed by atoms with Crippen LogP contribution in [0.4, 0.5) is 15.9 Å². The highest BCUT2D eigenvalue weighted by Crippen LogP contribution is 2.27. The zero-order chi connectivity index (χ0) is 14.0. The van der Waals surface area contributed by atoms with Gasteiger partial charge in [-0.3, -0.25) is 0 Å². The third-order valence-electron chi connectivity index (χ3n) is 2.69. The molecule has 0 bridgehead atoms. The molecule has 0 fully saturated rings. The average Bonchev–Trinajstić information content (AvgIpc) is 2.38. The first-order valence-electron chi connectivity index (χ1n) is 5.62. The molecule has 1 N–H and O–H groups in total. The fraction of sp³-hybridized carbons (Fsp3) is 0.231. The molecule has 2 aromatic rings.